The molecular weight excluding hydrogens is 270 g/mol. The average Bonchev–Trinajstić information content (AvgIpc) is 2.80. The Hall–Kier alpha value is -2.11. The zero-order valence-corrected chi connectivity index (χ0v) is 12.5. The number of carbonyl (C=O) groups is 1. The van der Waals surface area contributed by atoms with Gasteiger partial charge in [-0.25, -0.2) is 9.48 Å². The molecule has 2 aromatic heterocycles. The molecule has 0 fully saturated rings. The molecule has 2 heterocycles. The molecule has 6 nitrogen and oxygen atoms in total. The van der Waals surface area contributed by atoms with Gasteiger partial charge < -0.3 is 4.74 Å². The van der Waals surface area contributed by atoms with Crippen LogP contribution in [0.4, 0.5) is 0 Å². The molecule has 0 saturated heterocycles. The lowest BCUT2D eigenvalue weighted by atomic mass is 10.1. The molecule has 0 N–H and O–H groups in total. The molecule has 0 radical (unpaired) electrons. The summed E-state index contributed by atoms with van der Waals surface area (Å²) in [7, 11) is 0. The van der Waals surface area contributed by atoms with Crippen molar-refractivity contribution in [1.29, 1.82) is 0 Å². The molecule has 0 aliphatic rings. The van der Waals surface area contributed by atoms with Gasteiger partial charge in [-0.05, 0) is 18.6 Å². The van der Waals surface area contributed by atoms with Crippen LogP contribution >= 0.6 is 0 Å². The van der Waals surface area contributed by atoms with E-state index in [0.29, 0.717) is 25.2 Å². The highest BCUT2D eigenvalue weighted by molar-refractivity contribution is 5.71. The predicted molar refractivity (Wildman–Crippen MR) is 79.1 cm³/mol. The lowest BCUT2D eigenvalue weighted by Gasteiger charge is -2.09. The van der Waals surface area contributed by atoms with E-state index in [0.717, 1.165) is 12.8 Å². The second-order valence-electron chi connectivity index (χ2n) is 5.15. The highest BCUT2D eigenvalue weighted by atomic mass is 16.5. The summed E-state index contributed by atoms with van der Waals surface area (Å²) >= 11 is 0. The van der Waals surface area contributed by atoms with Crippen LogP contribution in [-0.2, 0) is 16.1 Å². The quantitative estimate of drug-likeness (QED) is 0.577. The van der Waals surface area contributed by atoms with Gasteiger partial charge >= 0.3 is 11.7 Å². The van der Waals surface area contributed by atoms with E-state index in [2.05, 4.69) is 5.10 Å². The van der Waals surface area contributed by atoms with E-state index in [1.807, 2.05) is 19.9 Å². The van der Waals surface area contributed by atoms with Crippen molar-refractivity contribution in [3.05, 3.63) is 34.9 Å². The number of carbonyl (C=O) groups excluding carboxylic acids is 1. The lowest BCUT2D eigenvalue weighted by molar-refractivity contribution is -0.148. The minimum Gasteiger partial charge on any atom is -0.465 e. The number of fused-ring (bicyclic) bond motifs is 1. The highest BCUT2D eigenvalue weighted by Gasteiger charge is 2.13. The monoisotopic (exact) mass is 291 g/mol. The van der Waals surface area contributed by atoms with Gasteiger partial charge in [0.15, 0.2) is 5.65 Å². The van der Waals surface area contributed by atoms with Gasteiger partial charge in [0.2, 0.25) is 0 Å². The zero-order valence-electron chi connectivity index (χ0n) is 12.5. The normalized spacial score (nSPS) is 12.5. The fourth-order valence-corrected chi connectivity index (χ4v) is 2.19. The zero-order chi connectivity index (χ0) is 15.2. The van der Waals surface area contributed by atoms with E-state index < -0.39 is 0 Å². The first-order valence-corrected chi connectivity index (χ1v) is 7.34. The summed E-state index contributed by atoms with van der Waals surface area (Å²) in [4.78, 5) is 23.6. The summed E-state index contributed by atoms with van der Waals surface area (Å²) in [5.74, 6) is -0.230. The van der Waals surface area contributed by atoms with Gasteiger partial charge in [-0.15, -0.1) is 5.10 Å². The largest absolute Gasteiger partial charge is 0.465 e. The Morgan fingerprint density at radius 1 is 1.43 bits per heavy atom. The molecule has 0 aromatic carbocycles. The molecule has 6 heteroatoms. The Morgan fingerprint density at radius 2 is 2.24 bits per heavy atom. The number of nitrogens with zero attached hydrogens (tertiary/aromatic N) is 3. The summed E-state index contributed by atoms with van der Waals surface area (Å²) in [6, 6.07) is 5.41. The van der Waals surface area contributed by atoms with Crippen molar-refractivity contribution in [2.45, 2.75) is 39.7 Å². The predicted octanol–water partition coefficient (Wildman–Crippen LogP) is 1.87. The van der Waals surface area contributed by atoms with Crippen LogP contribution in [0.15, 0.2) is 29.2 Å². The summed E-state index contributed by atoms with van der Waals surface area (Å²) in [6.07, 6.45) is 4.07. The third-order valence-electron chi connectivity index (χ3n) is 3.37. The maximum Gasteiger partial charge on any atom is 0.350 e. The van der Waals surface area contributed by atoms with Crippen LogP contribution in [0.2, 0.25) is 0 Å². The highest BCUT2D eigenvalue weighted by Crippen LogP contribution is 2.07. The maximum atomic E-state index is 12.0. The molecule has 0 spiro atoms. The van der Waals surface area contributed by atoms with Crippen molar-refractivity contribution in [2.24, 2.45) is 5.92 Å². The molecular formula is C15H21N3O3. The van der Waals surface area contributed by atoms with Gasteiger partial charge in [0.1, 0.15) is 0 Å². The summed E-state index contributed by atoms with van der Waals surface area (Å²) in [5.41, 5.74) is 0.451. The number of rotatable bonds is 7. The van der Waals surface area contributed by atoms with Crippen molar-refractivity contribution in [3.63, 3.8) is 0 Å². The Balaban J connectivity index is 1.84. The van der Waals surface area contributed by atoms with Gasteiger partial charge in [0.25, 0.3) is 0 Å². The molecule has 0 aliphatic heterocycles. The molecule has 0 amide bonds. The van der Waals surface area contributed by atoms with E-state index in [4.69, 9.17) is 4.74 Å². The van der Waals surface area contributed by atoms with Crippen LogP contribution in [0.1, 0.15) is 33.1 Å². The number of hydrogen-bond donors (Lipinski definition) is 0. The second-order valence-corrected chi connectivity index (χ2v) is 5.15. The van der Waals surface area contributed by atoms with Crippen molar-refractivity contribution in [2.75, 3.05) is 6.61 Å². The van der Waals surface area contributed by atoms with Gasteiger partial charge in [-0.3, -0.25) is 9.20 Å². The number of aromatic nitrogens is 3. The van der Waals surface area contributed by atoms with Crippen LogP contribution in [0, 0.1) is 5.92 Å². The van der Waals surface area contributed by atoms with Gasteiger partial charge in [0.05, 0.1) is 12.5 Å². The Labute approximate surface area is 123 Å². The van der Waals surface area contributed by atoms with Crippen molar-refractivity contribution in [3.8, 4) is 0 Å². The molecule has 2 rings (SSSR count). The number of ether oxygens (including phenoxy) is 1. The topological polar surface area (TPSA) is 65.6 Å². The number of hydrogen-bond acceptors (Lipinski definition) is 4. The molecule has 1 unspecified atom stereocenters. The van der Waals surface area contributed by atoms with Crippen LogP contribution < -0.4 is 5.69 Å². The molecule has 1 atom stereocenters. The molecule has 2 aromatic rings. The third kappa shape index (κ3) is 3.71. The summed E-state index contributed by atoms with van der Waals surface area (Å²) in [5, 5.41) is 4.22. The SMILES string of the molecule is CCCC(C)C(=O)OCCCn1nc2ccccn2c1=O. The number of pyridine rings is 1. The van der Waals surface area contributed by atoms with E-state index in [-0.39, 0.29) is 17.6 Å². The van der Waals surface area contributed by atoms with Gasteiger partial charge in [-0.2, -0.15) is 0 Å². The smallest absolute Gasteiger partial charge is 0.350 e. The van der Waals surface area contributed by atoms with Crippen LogP contribution in [0.5, 0.6) is 0 Å². The van der Waals surface area contributed by atoms with Gasteiger partial charge in [0, 0.05) is 19.2 Å². The van der Waals surface area contributed by atoms with Crippen molar-refractivity contribution in [1.82, 2.24) is 14.2 Å². The average molecular weight is 291 g/mol. The molecule has 21 heavy (non-hydrogen) atoms. The first kappa shape index (κ1) is 15.3. The first-order valence-electron chi connectivity index (χ1n) is 7.34. The first-order chi connectivity index (χ1) is 10.1. The standard InChI is InChI=1S/C15H21N3O3/c1-3-7-12(2)14(19)21-11-6-10-18-15(20)17-9-5-4-8-13(17)16-18/h4-5,8-9,12H,3,6-7,10-11H2,1-2H3. The van der Waals surface area contributed by atoms with Gasteiger partial charge in [-0.1, -0.05) is 26.3 Å². The molecule has 0 saturated carbocycles. The van der Waals surface area contributed by atoms with E-state index in [1.165, 1.54) is 9.08 Å². The fourth-order valence-electron chi connectivity index (χ4n) is 2.19. The van der Waals surface area contributed by atoms with Crippen LogP contribution in [0.25, 0.3) is 5.65 Å². The van der Waals surface area contributed by atoms with E-state index in [1.54, 1.807) is 18.3 Å². The molecule has 0 bridgehead atoms. The second kappa shape index (κ2) is 7.06. The summed E-state index contributed by atoms with van der Waals surface area (Å²) in [6.45, 7) is 4.67. The van der Waals surface area contributed by atoms with Crippen molar-refractivity contribution >= 4 is 11.6 Å². The van der Waals surface area contributed by atoms with E-state index >= 15 is 0 Å². The minimum atomic E-state index is -0.170. The molecule has 0 aliphatic carbocycles. The lowest BCUT2D eigenvalue weighted by Crippen LogP contribution is -2.22. The number of aryl methyl sites for hydroxylation is 1. The molecule has 114 valence electrons. The fraction of sp³-hybridized carbons (Fsp3) is 0.533. The maximum absolute atomic E-state index is 12.0. The third-order valence-corrected chi connectivity index (χ3v) is 3.37. The summed E-state index contributed by atoms with van der Waals surface area (Å²) < 4.78 is 8.10. The number of esters is 1. The Morgan fingerprint density at radius 3 is 2.95 bits per heavy atom. The Kier molecular flexibility index (Phi) is 5.14. The minimum absolute atomic E-state index is 0.0621. The van der Waals surface area contributed by atoms with Crippen LogP contribution in [-0.4, -0.2) is 26.8 Å². The Bertz CT molecular complexity index is 659. The van der Waals surface area contributed by atoms with Crippen molar-refractivity contribution < 1.29 is 9.53 Å². The van der Waals surface area contributed by atoms with E-state index in [9.17, 15) is 9.59 Å². The van der Waals surface area contributed by atoms with Crippen LogP contribution in [0.3, 0.4) is 0 Å².